The Hall–Kier alpha value is -3.56. The van der Waals surface area contributed by atoms with E-state index in [2.05, 4.69) is 5.32 Å². The Morgan fingerprint density at radius 3 is 2.56 bits per heavy atom. The molecular formula is C27H31N3O5S. The summed E-state index contributed by atoms with van der Waals surface area (Å²) in [6, 6.07) is 14.9. The monoisotopic (exact) mass is 509 g/mol. The van der Waals surface area contributed by atoms with Gasteiger partial charge in [0.2, 0.25) is 12.7 Å². The van der Waals surface area contributed by atoms with E-state index in [9.17, 15) is 9.59 Å². The van der Waals surface area contributed by atoms with Crippen molar-refractivity contribution in [3.63, 3.8) is 0 Å². The van der Waals surface area contributed by atoms with Crippen LogP contribution in [0.5, 0.6) is 11.5 Å². The number of rotatable bonds is 10. The van der Waals surface area contributed by atoms with Crippen LogP contribution in [0.15, 0.2) is 53.9 Å². The third-order valence-corrected chi connectivity index (χ3v) is 7.04. The summed E-state index contributed by atoms with van der Waals surface area (Å²) in [4.78, 5) is 31.2. The van der Waals surface area contributed by atoms with Gasteiger partial charge in [0.1, 0.15) is 6.54 Å². The summed E-state index contributed by atoms with van der Waals surface area (Å²) in [6.45, 7) is 5.53. The summed E-state index contributed by atoms with van der Waals surface area (Å²) < 4.78 is 16.1. The maximum atomic E-state index is 13.6. The average molecular weight is 510 g/mol. The number of nitrogens with one attached hydrogen (secondary N) is 1. The molecule has 0 atom stereocenters. The molecule has 1 aromatic heterocycles. The molecule has 0 unspecified atom stereocenters. The maximum Gasteiger partial charge on any atom is 0.322 e. The second-order valence-corrected chi connectivity index (χ2v) is 9.62. The second-order valence-electron chi connectivity index (χ2n) is 8.62. The number of ether oxygens (including phenoxy) is 3. The van der Waals surface area contributed by atoms with E-state index in [1.165, 1.54) is 4.90 Å². The quantitative estimate of drug-likeness (QED) is 0.425. The van der Waals surface area contributed by atoms with Gasteiger partial charge in [-0.3, -0.25) is 4.79 Å². The van der Waals surface area contributed by atoms with Gasteiger partial charge in [0, 0.05) is 30.8 Å². The van der Waals surface area contributed by atoms with E-state index in [1.54, 1.807) is 23.3 Å². The number of fused-ring (bicyclic) bond motifs is 1. The molecule has 0 aliphatic carbocycles. The third-order valence-electron chi connectivity index (χ3n) is 6.03. The number of nitrogens with zero attached hydrogens (tertiary/aromatic N) is 2. The Labute approximate surface area is 215 Å². The molecule has 2 heterocycles. The molecule has 0 radical (unpaired) electrons. The predicted octanol–water partition coefficient (Wildman–Crippen LogP) is 4.80. The Balaban J connectivity index is 1.52. The zero-order chi connectivity index (χ0) is 25.5. The largest absolute Gasteiger partial charge is 0.454 e. The minimum atomic E-state index is -0.343. The third kappa shape index (κ3) is 6.35. The van der Waals surface area contributed by atoms with Gasteiger partial charge in [0.05, 0.1) is 13.2 Å². The number of benzene rings is 2. The van der Waals surface area contributed by atoms with Crippen molar-refractivity contribution >= 4 is 29.0 Å². The normalized spacial score (nSPS) is 11.9. The molecule has 0 saturated heterocycles. The molecular weight excluding hydrogens is 478 g/mol. The highest BCUT2D eigenvalue weighted by molar-refractivity contribution is 7.10. The summed E-state index contributed by atoms with van der Waals surface area (Å²) in [5.41, 5.74) is 3.72. The van der Waals surface area contributed by atoms with Crippen LogP contribution < -0.4 is 14.8 Å². The van der Waals surface area contributed by atoms with Crippen LogP contribution in [-0.4, -0.2) is 55.3 Å². The van der Waals surface area contributed by atoms with Crippen molar-refractivity contribution in [1.82, 2.24) is 9.80 Å². The molecule has 0 bridgehead atoms. The SMILES string of the molecule is COCCN(CC(=O)N(Cc1ccc2c(c1)OCO2)Cc1sccc1C)C(=O)Nc1ccccc1C. The van der Waals surface area contributed by atoms with Gasteiger partial charge in [-0.15, -0.1) is 11.3 Å². The minimum absolute atomic E-state index is 0.0734. The van der Waals surface area contributed by atoms with Crippen molar-refractivity contribution < 1.29 is 23.8 Å². The van der Waals surface area contributed by atoms with Gasteiger partial charge in [-0.1, -0.05) is 24.3 Å². The summed E-state index contributed by atoms with van der Waals surface area (Å²) in [7, 11) is 1.57. The molecule has 36 heavy (non-hydrogen) atoms. The van der Waals surface area contributed by atoms with Crippen LogP contribution in [-0.2, 0) is 22.6 Å². The fraction of sp³-hybridized carbons (Fsp3) is 0.333. The lowest BCUT2D eigenvalue weighted by Gasteiger charge is -2.28. The Bertz CT molecular complexity index is 1210. The van der Waals surface area contributed by atoms with Gasteiger partial charge in [-0.2, -0.15) is 0 Å². The maximum absolute atomic E-state index is 13.6. The highest BCUT2D eigenvalue weighted by Gasteiger charge is 2.24. The molecule has 8 nitrogen and oxygen atoms in total. The molecule has 190 valence electrons. The molecule has 4 rings (SSSR count). The number of para-hydroxylation sites is 1. The van der Waals surface area contributed by atoms with Gasteiger partial charge in [0.25, 0.3) is 0 Å². The van der Waals surface area contributed by atoms with Crippen molar-refractivity contribution in [2.45, 2.75) is 26.9 Å². The van der Waals surface area contributed by atoms with Crippen LogP contribution in [0.4, 0.5) is 10.5 Å². The van der Waals surface area contributed by atoms with E-state index in [4.69, 9.17) is 14.2 Å². The molecule has 9 heteroatoms. The first-order valence-corrected chi connectivity index (χ1v) is 12.6. The van der Waals surface area contributed by atoms with E-state index in [-0.39, 0.29) is 31.8 Å². The number of thiophene rings is 1. The Kier molecular flexibility index (Phi) is 8.45. The van der Waals surface area contributed by atoms with E-state index in [0.29, 0.717) is 36.9 Å². The zero-order valence-electron chi connectivity index (χ0n) is 20.8. The van der Waals surface area contributed by atoms with E-state index in [0.717, 1.165) is 21.6 Å². The van der Waals surface area contributed by atoms with Crippen molar-refractivity contribution in [1.29, 1.82) is 0 Å². The summed E-state index contributed by atoms with van der Waals surface area (Å²) in [5, 5.41) is 4.95. The highest BCUT2D eigenvalue weighted by atomic mass is 32.1. The lowest BCUT2D eigenvalue weighted by Crippen LogP contribution is -2.45. The van der Waals surface area contributed by atoms with Crippen LogP contribution in [0.25, 0.3) is 0 Å². The molecule has 1 aliphatic rings. The first kappa shape index (κ1) is 25.5. The topological polar surface area (TPSA) is 80.3 Å². The molecule has 0 fully saturated rings. The Morgan fingerprint density at radius 1 is 1.00 bits per heavy atom. The van der Waals surface area contributed by atoms with Gasteiger partial charge >= 0.3 is 6.03 Å². The second kappa shape index (κ2) is 11.9. The number of aryl methyl sites for hydroxylation is 2. The number of carbonyl (C=O) groups is 2. The smallest absolute Gasteiger partial charge is 0.322 e. The number of amides is 3. The van der Waals surface area contributed by atoms with Gasteiger partial charge in [0.15, 0.2) is 11.5 Å². The van der Waals surface area contributed by atoms with Gasteiger partial charge in [-0.05, 0) is 60.2 Å². The van der Waals surface area contributed by atoms with E-state index >= 15 is 0 Å². The number of methoxy groups -OCH3 is 1. The summed E-state index contributed by atoms with van der Waals surface area (Å²) in [5.74, 6) is 1.22. The number of urea groups is 1. The van der Waals surface area contributed by atoms with E-state index in [1.807, 2.05) is 67.8 Å². The van der Waals surface area contributed by atoms with Crippen molar-refractivity contribution in [2.24, 2.45) is 0 Å². The Morgan fingerprint density at radius 2 is 1.81 bits per heavy atom. The van der Waals surface area contributed by atoms with Crippen molar-refractivity contribution in [3.05, 3.63) is 75.5 Å². The fourth-order valence-electron chi connectivity index (χ4n) is 3.86. The highest BCUT2D eigenvalue weighted by Crippen LogP contribution is 2.33. The molecule has 1 N–H and O–H groups in total. The molecule has 2 aromatic carbocycles. The van der Waals surface area contributed by atoms with Crippen LogP contribution in [0.3, 0.4) is 0 Å². The van der Waals surface area contributed by atoms with Crippen LogP contribution in [0.1, 0.15) is 21.6 Å². The first-order chi connectivity index (χ1) is 17.4. The number of anilines is 1. The predicted molar refractivity (Wildman–Crippen MR) is 140 cm³/mol. The summed E-state index contributed by atoms with van der Waals surface area (Å²) in [6.07, 6.45) is 0. The molecule has 3 aromatic rings. The molecule has 0 spiro atoms. The lowest BCUT2D eigenvalue weighted by molar-refractivity contribution is -0.133. The molecule has 3 amide bonds. The molecule has 0 saturated carbocycles. The number of hydrogen-bond donors (Lipinski definition) is 1. The summed E-state index contributed by atoms with van der Waals surface area (Å²) >= 11 is 1.62. The number of carbonyl (C=O) groups excluding carboxylic acids is 2. The van der Waals surface area contributed by atoms with Gasteiger partial charge < -0.3 is 29.3 Å². The zero-order valence-corrected chi connectivity index (χ0v) is 21.6. The van der Waals surface area contributed by atoms with Crippen LogP contribution in [0.2, 0.25) is 0 Å². The van der Waals surface area contributed by atoms with E-state index < -0.39 is 0 Å². The number of hydrogen-bond acceptors (Lipinski definition) is 6. The minimum Gasteiger partial charge on any atom is -0.454 e. The lowest BCUT2D eigenvalue weighted by atomic mass is 10.1. The van der Waals surface area contributed by atoms with Crippen LogP contribution in [0, 0.1) is 13.8 Å². The average Bonchev–Trinajstić information content (AvgIpc) is 3.50. The molecule has 1 aliphatic heterocycles. The first-order valence-electron chi connectivity index (χ1n) is 11.7. The van der Waals surface area contributed by atoms with Gasteiger partial charge in [-0.25, -0.2) is 4.79 Å². The van der Waals surface area contributed by atoms with Crippen molar-refractivity contribution in [3.8, 4) is 11.5 Å². The standard InChI is InChI=1S/C27H31N3O5S/c1-19-6-4-5-7-22(19)28-27(32)29(11-12-33-3)17-26(31)30(16-25-20(2)10-13-36-25)15-21-8-9-23-24(14-21)35-18-34-23/h4-10,13-14H,11-12,15-18H2,1-3H3,(H,28,32). The fourth-order valence-corrected chi connectivity index (χ4v) is 4.78. The van der Waals surface area contributed by atoms with Crippen molar-refractivity contribution in [2.75, 3.05) is 38.9 Å². The van der Waals surface area contributed by atoms with Crippen LogP contribution >= 0.6 is 11.3 Å².